The van der Waals surface area contributed by atoms with Crippen LogP contribution in [0.25, 0.3) is 5.76 Å². The van der Waals surface area contributed by atoms with Crippen LogP contribution in [0.15, 0.2) is 48.0 Å². The first-order valence-electron chi connectivity index (χ1n) is 13.0. The average molecular weight is 503 g/mol. The van der Waals surface area contributed by atoms with Gasteiger partial charge in [0.05, 0.1) is 17.4 Å². The molecule has 0 radical (unpaired) electrons. The SMILES string of the molecule is CCCN1C(=O)C2(/C(=C(\O)c3ccc4c(c3)CC(C)O4)C(=O)C(=O)N2CC2CCCO2)c2ccccc21. The van der Waals surface area contributed by atoms with Gasteiger partial charge in [0.15, 0.2) is 5.54 Å². The molecule has 4 heterocycles. The van der Waals surface area contributed by atoms with E-state index >= 15 is 0 Å². The molecule has 2 saturated heterocycles. The Balaban J connectivity index is 1.59. The zero-order chi connectivity index (χ0) is 25.9. The van der Waals surface area contributed by atoms with Gasteiger partial charge in [-0.3, -0.25) is 14.4 Å². The second-order valence-corrected chi connectivity index (χ2v) is 10.2. The van der Waals surface area contributed by atoms with Crippen molar-refractivity contribution in [2.24, 2.45) is 0 Å². The average Bonchev–Trinajstić information content (AvgIpc) is 3.64. The quantitative estimate of drug-likeness (QED) is 0.382. The summed E-state index contributed by atoms with van der Waals surface area (Å²) in [4.78, 5) is 44.8. The monoisotopic (exact) mass is 502 g/mol. The number of aliphatic hydroxyl groups is 1. The van der Waals surface area contributed by atoms with Crippen molar-refractivity contribution in [1.82, 2.24) is 4.90 Å². The second-order valence-electron chi connectivity index (χ2n) is 10.2. The van der Waals surface area contributed by atoms with E-state index in [0.29, 0.717) is 42.8 Å². The Labute approximate surface area is 215 Å². The summed E-state index contributed by atoms with van der Waals surface area (Å²) in [7, 11) is 0. The fourth-order valence-corrected chi connectivity index (χ4v) is 6.27. The minimum absolute atomic E-state index is 0.00821. The Hall–Kier alpha value is -3.65. The van der Waals surface area contributed by atoms with Crippen LogP contribution in [-0.4, -0.2) is 59.5 Å². The largest absolute Gasteiger partial charge is 0.507 e. The van der Waals surface area contributed by atoms with Gasteiger partial charge in [0, 0.05) is 37.2 Å². The van der Waals surface area contributed by atoms with Crippen molar-refractivity contribution in [3.05, 3.63) is 64.7 Å². The molecule has 4 aliphatic rings. The van der Waals surface area contributed by atoms with Gasteiger partial charge in [-0.25, -0.2) is 0 Å². The van der Waals surface area contributed by atoms with Gasteiger partial charge in [0.1, 0.15) is 17.6 Å². The first-order valence-corrected chi connectivity index (χ1v) is 13.0. The molecule has 8 nitrogen and oxygen atoms in total. The first kappa shape index (κ1) is 23.7. The molecule has 1 spiro atoms. The van der Waals surface area contributed by atoms with E-state index in [2.05, 4.69) is 0 Å². The van der Waals surface area contributed by atoms with Gasteiger partial charge in [-0.2, -0.15) is 0 Å². The van der Waals surface area contributed by atoms with Gasteiger partial charge in [0.2, 0.25) is 0 Å². The summed E-state index contributed by atoms with van der Waals surface area (Å²) in [5.41, 5.74) is 0.535. The number of hydrogen-bond acceptors (Lipinski definition) is 6. The number of anilines is 1. The van der Waals surface area contributed by atoms with Gasteiger partial charge in [-0.1, -0.05) is 25.1 Å². The topological polar surface area (TPSA) is 96.4 Å². The lowest BCUT2D eigenvalue weighted by atomic mass is 9.81. The molecule has 2 amide bonds. The number of benzene rings is 2. The number of nitrogens with zero attached hydrogens (tertiary/aromatic N) is 2. The van der Waals surface area contributed by atoms with E-state index in [1.165, 1.54) is 4.90 Å². The van der Waals surface area contributed by atoms with Crippen molar-refractivity contribution in [1.29, 1.82) is 0 Å². The van der Waals surface area contributed by atoms with Crippen molar-refractivity contribution in [2.45, 2.75) is 57.3 Å². The normalized spacial score (nSPS) is 27.8. The van der Waals surface area contributed by atoms with Crippen molar-refractivity contribution < 1.29 is 29.0 Å². The molecule has 3 unspecified atom stereocenters. The van der Waals surface area contributed by atoms with Crippen molar-refractivity contribution >= 4 is 29.0 Å². The lowest BCUT2D eigenvalue weighted by Gasteiger charge is -2.35. The summed E-state index contributed by atoms with van der Waals surface area (Å²) in [5.74, 6) is -1.67. The van der Waals surface area contributed by atoms with E-state index in [1.54, 1.807) is 35.2 Å². The smallest absolute Gasteiger partial charge is 0.296 e. The maximum Gasteiger partial charge on any atom is 0.296 e. The van der Waals surface area contributed by atoms with Crippen LogP contribution in [0.5, 0.6) is 5.75 Å². The van der Waals surface area contributed by atoms with Crippen LogP contribution in [0, 0.1) is 0 Å². The number of amides is 2. The Morgan fingerprint density at radius 2 is 1.97 bits per heavy atom. The van der Waals surface area contributed by atoms with Crippen LogP contribution in [0.2, 0.25) is 0 Å². The Morgan fingerprint density at radius 3 is 2.73 bits per heavy atom. The molecule has 0 bridgehead atoms. The Kier molecular flexibility index (Phi) is 5.60. The molecule has 1 N–H and O–H groups in total. The molecule has 6 rings (SSSR count). The lowest BCUT2D eigenvalue weighted by Crippen LogP contribution is -2.53. The Morgan fingerprint density at radius 1 is 1.16 bits per heavy atom. The van der Waals surface area contributed by atoms with Gasteiger partial charge in [-0.05, 0) is 56.0 Å². The highest BCUT2D eigenvalue weighted by Crippen LogP contribution is 2.54. The van der Waals surface area contributed by atoms with E-state index in [4.69, 9.17) is 9.47 Å². The predicted octanol–water partition coefficient (Wildman–Crippen LogP) is 3.52. The fraction of sp³-hybridized carbons (Fsp3) is 0.414. The minimum atomic E-state index is -1.75. The highest BCUT2D eigenvalue weighted by molar-refractivity contribution is 6.50. The number of hydrogen-bond donors (Lipinski definition) is 1. The summed E-state index contributed by atoms with van der Waals surface area (Å²) >= 11 is 0. The Bertz CT molecular complexity index is 1340. The number of rotatable bonds is 5. The molecule has 2 aromatic carbocycles. The van der Waals surface area contributed by atoms with Gasteiger partial charge in [-0.15, -0.1) is 0 Å². The van der Waals surface area contributed by atoms with Crippen molar-refractivity contribution in [2.75, 3.05) is 24.6 Å². The van der Waals surface area contributed by atoms with Crippen LogP contribution < -0.4 is 9.64 Å². The van der Waals surface area contributed by atoms with Crippen molar-refractivity contribution in [3.8, 4) is 5.75 Å². The third-order valence-electron chi connectivity index (χ3n) is 7.84. The fourth-order valence-electron chi connectivity index (χ4n) is 6.27. The second kappa shape index (κ2) is 8.73. The molecular formula is C29H30N2O6. The van der Waals surface area contributed by atoms with E-state index in [1.807, 2.05) is 26.0 Å². The summed E-state index contributed by atoms with van der Waals surface area (Å²) in [5, 5.41) is 11.7. The number of Topliss-reactive ketones (excluding diaryl/α,β-unsaturated/α-hetero) is 1. The number of para-hydroxylation sites is 1. The number of carbonyl (C=O) groups excluding carboxylic acids is 3. The molecule has 0 saturated carbocycles. The first-order chi connectivity index (χ1) is 17.9. The molecular weight excluding hydrogens is 472 g/mol. The number of aliphatic hydroxyl groups excluding tert-OH is 1. The highest BCUT2D eigenvalue weighted by Gasteiger charge is 2.67. The third-order valence-corrected chi connectivity index (χ3v) is 7.84. The van der Waals surface area contributed by atoms with Crippen LogP contribution in [0.4, 0.5) is 5.69 Å². The van der Waals surface area contributed by atoms with Crippen LogP contribution in [-0.2, 0) is 31.1 Å². The van der Waals surface area contributed by atoms with Crippen LogP contribution in [0.1, 0.15) is 49.8 Å². The van der Waals surface area contributed by atoms with Gasteiger partial charge in [0.25, 0.3) is 17.6 Å². The maximum absolute atomic E-state index is 14.4. The highest BCUT2D eigenvalue weighted by atomic mass is 16.5. The lowest BCUT2D eigenvalue weighted by molar-refractivity contribution is -0.145. The standard InChI is InChI=1S/C29H30N2O6/c1-3-12-30-22-9-5-4-8-21(22)29(28(30)35)24(26(33)27(34)31(29)16-20-7-6-13-36-20)25(32)18-10-11-23-19(15-18)14-17(2)37-23/h4-5,8-11,15,17,20,32H,3,6-7,12-14,16H2,1-2H3/b25-24-. The third kappa shape index (κ3) is 3.35. The zero-order valence-corrected chi connectivity index (χ0v) is 21.0. The number of fused-ring (bicyclic) bond motifs is 3. The van der Waals surface area contributed by atoms with Gasteiger partial charge >= 0.3 is 0 Å². The van der Waals surface area contributed by atoms with E-state index in [0.717, 1.165) is 24.2 Å². The summed E-state index contributed by atoms with van der Waals surface area (Å²) in [6.07, 6.45) is 2.67. The maximum atomic E-state index is 14.4. The molecule has 37 heavy (non-hydrogen) atoms. The van der Waals surface area contributed by atoms with Crippen LogP contribution >= 0.6 is 0 Å². The van der Waals surface area contributed by atoms with Crippen LogP contribution in [0.3, 0.4) is 0 Å². The summed E-state index contributed by atoms with van der Waals surface area (Å²) in [6.45, 7) is 5.03. The molecule has 2 fully saturated rings. The molecule has 0 aromatic heterocycles. The molecule has 192 valence electrons. The summed E-state index contributed by atoms with van der Waals surface area (Å²) in [6, 6.07) is 12.5. The number of likely N-dealkylation sites (tertiary alicyclic amines) is 1. The molecule has 0 aliphatic carbocycles. The van der Waals surface area contributed by atoms with E-state index < -0.39 is 23.1 Å². The zero-order valence-electron chi connectivity index (χ0n) is 21.0. The predicted molar refractivity (Wildman–Crippen MR) is 136 cm³/mol. The number of carbonyl (C=O) groups is 3. The molecule has 3 atom stereocenters. The molecule has 2 aromatic rings. The van der Waals surface area contributed by atoms with E-state index in [9.17, 15) is 19.5 Å². The molecule has 8 heteroatoms. The number of ether oxygens (including phenoxy) is 2. The van der Waals surface area contributed by atoms with E-state index in [-0.39, 0.29) is 30.1 Å². The minimum Gasteiger partial charge on any atom is -0.507 e. The van der Waals surface area contributed by atoms with Crippen molar-refractivity contribution in [3.63, 3.8) is 0 Å². The molecule has 4 aliphatic heterocycles. The number of ketones is 1. The van der Waals surface area contributed by atoms with Gasteiger partial charge < -0.3 is 24.4 Å². The summed E-state index contributed by atoms with van der Waals surface area (Å²) < 4.78 is 11.6.